The van der Waals surface area contributed by atoms with Gasteiger partial charge in [0.05, 0.1) is 6.20 Å². The van der Waals surface area contributed by atoms with Crippen LogP contribution >= 0.6 is 0 Å². The topological polar surface area (TPSA) is 68.7 Å². The van der Waals surface area contributed by atoms with E-state index in [1.54, 1.807) is 17.2 Å². The molecule has 5 rings (SSSR count). The highest BCUT2D eigenvalue weighted by Crippen LogP contribution is 2.54. The standard InChI is InChI=1S/C20H24N2O4S/c1-19(2)11-15-12-20(3,14-19)22(15)26-27(23,24)17-9-10-18(21-13-17)25-16-7-5-4-6-8-16/h4-10,13,15H,11-12,14H2,1-3H3. The number of hydroxylamine groups is 2. The first kappa shape index (κ1) is 18.4. The minimum atomic E-state index is -3.92. The van der Waals surface area contributed by atoms with E-state index >= 15 is 0 Å². The van der Waals surface area contributed by atoms with Crippen molar-refractivity contribution >= 4 is 10.1 Å². The Hall–Kier alpha value is -1.96. The number of piperidine rings is 1. The molecule has 2 aliphatic heterocycles. The van der Waals surface area contributed by atoms with Crippen LogP contribution in [0.25, 0.3) is 0 Å². The van der Waals surface area contributed by atoms with Gasteiger partial charge in [-0.3, -0.25) is 0 Å². The predicted octanol–water partition coefficient (Wildman–Crippen LogP) is 4.15. The van der Waals surface area contributed by atoms with Gasteiger partial charge in [0.2, 0.25) is 5.88 Å². The number of para-hydroxylation sites is 1. The highest BCUT2D eigenvalue weighted by Gasteiger charge is 2.58. The van der Waals surface area contributed by atoms with Gasteiger partial charge in [-0.25, -0.2) is 4.98 Å². The Morgan fingerprint density at radius 2 is 1.81 bits per heavy atom. The molecule has 1 saturated carbocycles. The second-order valence-corrected chi connectivity index (χ2v) is 10.0. The molecule has 2 unspecified atom stereocenters. The fourth-order valence-corrected chi connectivity index (χ4v) is 5.55. The molecule has 27 heavy (non-hydrogen) atoms. The van der Waals surface area contributed by atoms with E-state index in [0.29, 0.717) is 11.6 Å². The zero-order chi connectivity index (χ0) is 19.3. The van der Waals surface area contributed by atoms with Gasteiger partial charge < -0.3 is 4.74 Å². The van der Waals surface area contributed by atoms with Crippen molar-refractivity contribution in [3.8, 4) is 11.6 Å². The molecule has 2 atom stereocenters. The van der Waals surface area contributed by atoms with Crippen molar-refractivity contribution in [2.45, 2.75) is 56.5 Å². The lowest BCUT2D eigenvalue weighted by Crippen LogP contribution is -2.70. The van der Waals surface area contributed by atoms with Gasteiger partial charge >= 0.3 is 10.1 Å². The van der Waals surface area contributed by atoms with Crippen LogP contribution in [-0.2, 0) is 14.4 Å². The summed E-state index contributed by atoms with van der Waals surface area (Å²) in [5.74, 6) is 0.968. The minimum absolute atomic E-state index is 0.0238. The van der Waals surface area contributed by atoms with Crippen LogP contribution in [0.3, 0.4) is 0 Å². The third-order valence-corrected chi connectivity index (χ3v) is 6.50. The smallest absolute Gasteiger partial charge is 0.314 e. The molecule has 2 saturated heterocycles. The number of rotatable bonds is 5. The summed E-state index contributed by atoms with van der Waals surface area (Å²) in [6.45, 7) is 6.51. The maximum Gasteiger partial charge on any atom is 0.314 e. The average molecular weight is 388 g/mol. The summed E-state index contributed by atoms with van der Waals surface area (Å²) in [5.41, 5.74) is -0.0253. The molecule has 0 N–H and O–H groups in total. The first-order valence-electron chi connectivity index (χ1n) is 9.10. The molecule has 3 heterocycles. The number of hydrogen-bond donors (Lipinski definition) is 0. The Morgan fingerprint density at radius 1 is 1.07 bits per heavy atom. The van der Waals surface area contributed by atoms with E-state index in [0.717, 1.165) is 19.3 Å². The molecule has 1 aromatic carbocycles. The van der Waals surface area contributed by atoms with Crippen molar-refractivity contribution in [3.63, 3.8) is 0 Å². The summed E-state index contributed by atoms with van der Waals surface area (Å²) in [6.07, 6.45) is 4.08. The Labute approximate surface area is 160 Å². The highest BCUT2D eigenvalue weighted by atomic mass is 32.2. The third kappa shape index (κ3) is 3.59. The van der Waals surface area contributed by atoms with E-state index in [2.05, 4.69) is 25.8 Å². The zero-order valence-electron chi connectivity index (χ0n) is 15.8. The predicted molar refractivity (Wildman–Crippen MR) is 101 cm³/mol. The molecule has 2 bridgehead atoms. The van der Waals surface area contributed by atoms with Gasteiger partial charge in [-0.05, 0) is 49.8 Å². The van der Waals surface area contributed by atoms with E-state index in [-0.39, 0.29) is 21.9 Å². The normalized spacial score (nSPS) is 27.0. The fourth-order valence-electron chi connectivity index (χ4n) is 4.54. The summed E-state index contributed by atoms with van der Waals surface area (Å²) < 4.78 is 36.5. The molecule has 3 fully saturated rings. The van der Waals surface area contributed by atoms with Gasteiger partial charge in [-0.1, -0.05) is 32.0 Å². The molecule has 0 spiro atoms. The SMILES string of the molecule is CC1(C)CC2CC(C)(C1)N2OS(=O)(=O)c1ccc(Oc2ccccc2)nc1. The van der Waals surface area contributed by atoms with Gasteiger partial charge in [0, 0.05) is 17.6 Å². The van der Waals surface area contributed by atoms with E-state index in [1.165, 1.54) is 18.3 Å². The van der Waals surface area contributed by atoms with E-state index in [4.69, 9.17) is 9.02 Å². The van der Waals surface area contributed by atoms with Crippen LogP contribution in [0, 0.1) is 5.41 Å². The van der Waals surface area contributed by atoms with Crippen molar-refractivity contribution in [2.75, 3.05) is 0 Å². The number of benzene rings is 1. The second kappa shape index (κ2) is 6.29. The molecular formula is C20H24N2O4S. The number of aromatic nitrogens is 1. The quantitative estimate of drug-likeness (QED) is 0.766. The molecule has 1 aliphatic carbocycles. The number of nitrogens with zero attached hydrogens (tertiary/aromatic N) is 2. The van der Waals surface area contributed by atoms with Crippen molar-refractivity contribution in [2.24, 2.45) is 5.41 Å². The van der Waals surface area contributed by atoms with Crippen LogP contribution in [-0.4, -0.2) is 30.0 Å². The molecule has 7 heteroatoms. The summed E-state index contributed by atoms with van der Waals surface area (Å²) in [4.78, 5) is 4.13. The Morgan fingerprint density at radius 3 is 2.44 bits per heavy atom. The fraction of sp³-hybridized carbons (Fsp3) is 0.450. The molecule has 6 nitrogen and oxygen atoms in total. The lowest BCUT2D eigenvalue weighted by atomic mass is 9.60. The van der Waals surface area contributed by atoms with Crippen molar-refractivity contribution in [1.82, 2.24) is 10.0 Å². The maximum absolute atomic E-state index is 12.7. The van der Waals surface area contributed by atoms with Gasteiger partial charge in [0.1, 0.15) is 10.6 Å². The first-order chi connectivity index (χ1) is 12.7. The molecule has 3 aliphatic rings. The number of hydrogen-bond acceptors (Lipinski definition) is 6. The van der Waals surface area contributed by atoms with Crippen molar-refractivity contribution < 1.29 is 17.4 Å². The number of fused-ring (bicyclic) bond motifs is 2. The van der Waals surface area contributed by atoms with Crippen LogP contribution in [0.5, 0.6) is 11.6 Å². The molecule has 2 aromatic rings. The van der Waals surface area contributed by atoms with E-state index in [1.807, 2.05) is 18.2 Å². The Kier molecular flexibility index (Phi) is 4.29. The third-order valence-electron chi connectivity index (χ3n) is 5.33. The molecule has 144 valence electrons. The minimum Gasteiger partial charge on any atom is -0.439 e. The molecular weight excluding hydrogens is 364 g/mol. The van der Waals surface area contributed by atoms with Crippen molar-refractivity contribution in [1.29, 1.82) is 0 Å². The average Bonchev–Trinajstić information content (AvgIpc) is 2.60. The molecule has 1 aromatic heterocycles. The summed E-state index contributed by atoms with van der Waals surface area (Å²) in [6, 6.07) is 12.3. The summed E-state index contributed by atoms with van der Waals surface area (Å²) in [5, 5.41) is 1.67. The zero-order valence-corrected chi connectivity index (χ0v) is 16.6. The summed E-state index contributed by atoms with van der Waals surface area (Å²) in [7, 11) is -3.92. The van der Waals surface area contributed by atoms with E-state index in [9.17, 15) is 8.42 Å². The lowest BCUT2D eigenvalue weighted by Gasteiger charge is -2.62. The largest absolute Gasteiger partial charge is 0.439 e. The highest BCUT2D eigenvalue weighted by molar-refractivity contribution is 7.86. The van der Waals surface area contributed by atoms with Crippen LogP contribution in [0.1, 0.15) is 40.0 Å². The van der Waals surface area contributed by atoms with Gasteiger partial charge in [0.15, 0.2) is 0 Å². The molecule has 0 radical (unpaired) electrons. The van der Waals surface area contributed by atoms with Gasteiger partial charge in [-0.15, -0.1) is 0 Å². The summed E-state index contributed by atoms with van der Waals surface area (Å²) >= 11 is 0. The number of pyridine rings is 1. The van der Waals surface area contributed by atoms with Crippen LogP contribution in [0.2, 0.25) is 0 Å². The lowest BCUT2D eigenvalue weighted by molar-refractivity contribution is -0.282. The van der Waals surface area contributed by atoms with E-state index < -0.39 is 10.1 Å². The van der Waals surface area contributed by atoms with Gasteiger partial charge in [-0.2, -0.15) is 17.8 Å². The van der Waals surface area contributed by atoms with Crippen LogP contribution in [0.4, 0.5) is 0 Å². The second-order valence-electron chi connectivity index (χ2n) is 8.50. The number of ether oxygens (including phenoxy) is 1. The maximum atomic E-state index is 12.7. The van der Waals surface area contributed by atoms with Crippen LogP contribution < -0.4 is 4.74 Å². The monoisotopic (exact) mass is 388 g/mol. The first-order valence-corrected chi connectivity index (χ1v) is 10.5. The molecule has 0 amide bonds. The Bertz CT molecular complexity index is 928. The van der Waals surface area contributed by atoms with Crippen LogP contribution in [0.15, 0.2) is 53.6 Å². The van der Waals surface area contributed by atoms with Gasteiger partial charge in [0.25, 0.3) is 0 Å². The Balaban J connectivity index is 1.47. The van der Waals surface area contributed by atoms with Crippen molar-refractivity contribution in [3.05, 3.63) is 48.7 Å².